The Balaban J connectivity index is 1.93. The normalized spacial score (nSPS) is 10.2. The van der Waals surface area contributed by atoms with Crippen LogP contribution in [-0.2, 0) is 0 Å². The van der Waals surface area contributed by atoms with E-state index in [-0.39, 0.29) is 0 Å². The highest BCUT2D eigenvalue weighted by Crippen LogP contribution is 2.33. The van der Waals surface area contributed by atoms with Gasteiger partial charge in [0.2, 0.25) is 5.95 Å². The second kappa shape index (κ2) is 7.94. The molecule has 6 nitrogen and oxygen atoms in total. The summed E-state index contributed by atoms with van der Waals surface area (Å²) in [4.78, 5) is 8.89. The first-order valence-electron chi connectivity index (χ1n) is 8.23. The van der Waals surface area contributed by atoms with Gasteiger partial charge in [-0.1, -0.05) is 23.7 Å². The summed E-state index contributed by atoms with van der Waals surface area (Å²) in [5.74, 6) is 1.61. The van der Waals surface area contributed by atoms with Crippen LogP contribution in [0.1, 0.15) is 16.8 Å². The summed E-state index contributed by atoms with van der Waals surface area (Å²) >= 11 is 6.17. The molecular formula is C20H18ClN5O. The lowest BCUT2D eigenvalue weighted by atomic mass is 10.2. The van der Waals surface area contributed by atoms with E-state index in [1.807, 2.05) is 44.2 Å². The van der Waals surface area contributed by atoms with Crippen molar-refractivity contribution in [2.45, 2.75) is 13.8 Å². The Hall–Kier alpha value is -3.30. The number of ether oxygens (including phenoxy) is 1. The fraction of sp³-hybridized carbons (Fsp3) is 0.150. The van der Waals surface area contributed by atoms with Crippen molar-refractivity contribution in [1.82, 2.24) is 9.97 Å². The third-order valence-electron chi connectivity index (χ3n) is 3.89. The number of anilines is 4. The number of nitriles is 1. The van der Waals surface area contributed by atoms with Crippen LogP contribution in [0.3, 0.4) is 0 Å². The predicted octanol–water partition coefficient (Wildman–Crippen LogP) is 5.11. The fourth-order valence-corrected chi connectivity index (χ4v) is 2.72. The van der Waals surface area contributed by atoms with Gasteiger partial charge >= 0.3 is 0 Å². The van der Waals surface area contributed by atoms with Crippen molar-refractivity contribution >= 4 is 34.7 Å². The average Bonchev–Trinajstić information content (AvgIpc) is 2.64. The first-order chi connectivity index (χ1) is 13.0. The third-order valence-corrected chi connectivity index (χ3v) is 4.30. The van der Waals surface area contributed by atoms with Crippen LogP contribution in [-0.4, -0.2) is 17.1 Å². The molecule has 2 N–H and O–H groups in total. The topological polar surface area (TPSA) is 82.9 Å². The number of nitrogens with one attached hydrogen (secondary N) is 2. The lowest BCUT2D eigenvalue weighted by molar-refractivity contribution is 0.416. The number of methoxy groups -OCH3 is 1. The summed E-state index contributed by atoms with van der Waals surface area (Å²) in [5.41, 5.74) is 3.62. The Morgan fingerprint density at radius 2 is 1.81 bits per heavy atom. The SMILES string of the molecule is COc1cc(Cl)c(C)cc1Nc1cc(C)nc(Nc2ccccc2C#N)n1. The van der Waals surface area contributed by atoms with E-state index < -0.39 is 0 Å². The maximum absolute atomic E-state index is 9.24. The molecule has 0 spiro atoms. The van der Waals surface area contributed by atoms with E-state index in [0.717, 1.165) is 16.9 Å². The minimum atomic E-state index is 0.393. The maximum atomic E-state index is 9.24. The minimum absolute atomic E-state index is 0.393. The van der Waals surface area contributed by atoms with Crippen LogP contribution in [0.4, 0.5) is 23.1 Å². The first kappa shape index (κ1) is 18.5. The zero-order valence-electron chi connectivity index (χ0n) is 15.2. The second-order valence-corrected chi connectivity index (χ2v) is 6.33. The highest BCUT2D eigenvalue weighted by atomic mass is 35.5. The molecule has 3 rings (SSSR count). The van der Waals surface area contributed by atoms with Gasteiger partial charge in [-0.3, -0.25) is 0 Å². The van der Waals surface area contributed by atoms with Crippen LogP contribution < -0.4 is 15.4 Å². The van der Waals surface area contributed by atoms with Crippen molar-refractivity contribution in [3.63, 3.8) is 0 Å². The summed E-state index contributed by atoms with van der Waals surface area (Å²) < 4.78 is 5.40. The van der Waals surface area contributed by atoms with Crippen molar-refractivity contribution in [2.75, 3.05) is 17.7 Å². The van der Waals surface area contributed by atoms with Crippen molar-refractivity contribution in [3.8, 4) is 11.8 Å². The van der Waals surface area contributed by atoms with Gasteiger partial charge in [0.1, 0.15) is 17.6 Å². The molecule has 3 aromatic rings. The van der Waals surface area contributed by atoms with E-state index in [2.05, 4.69) is 26.7 Å². The molecule has 7 heteroatoms. The van der Waals surface area contributed by atoms with Crippen LogP contribution >= 0.6 is 11.6 Å². The lowest BCUT2D eigenvalue weighted by Gasteiger charge is -2.14. The van der Waals surface area contributed by atoms with Crippen LogP contribution in [0.15, 0.2) is 42.5 Å². The van der Waals surface area contributed by atoms with Gasteiger partial charge in [-0.15, -0.1) is 0 Å². The molecule has 2 aromatic carbocycles. The number of aromatic nitrogens is 2. The molecular weight excluding hydrogens is 362 g/mol. The van der Waals surface area contributed by atoms with Crippen LogP contribution in [0, 0.1) is 25.2 Å². The van der Waals surface area contributed by atoms with Gasteiger partial charge in [-0.05, 0) is 37.6 Å². The molecule has 0 aliphatic heterocycles. The summed E-state index contributed by atoms with van der Waals surface area (Å²) in [6.45, 7) is 3.79. The van der Waals surface area contributed by atoms with Gasteiger partial charge in [0, 0.05) is 22.8 Å². The van der Waals surface area contributed by atoms with Crippen LogP contribution in [0.5, 0.6) is 5.75 Å². The molecule has 1 heterocycles. The number of nitrogens with zero attached hydrogens (tertiary/aromatic N) is 3. The van der Waals surface area contributed by atoms with E-state index in [1.54, 1.807) is 19.2 Å². The molecule has 27 heavy (non-hydrogen) atoms. The van der Waals surface area contributed by atoms with Crippen LogP contribution in [0.25, 0.3) is 0 Å². The predicted molar refractivity (Wildman–Crippen MR) is 107 cm³/mol. The molecule has 0 aliphatic rings. The number of halogens is 1. The Kier molecular flexibility index (Phi) is 5.43. The Morgan fingerprint density at radius 1 is 1.04 bits per heavy atom. The summed E-state index contributed by atoms with van der Waals surface area (Å²) in [6.07, 6.45) is 0. The van der Waals surface area contributed by atoms with Gasteiger partial charge in [0.25, 0.3) is 0 Å². The highest BCUT2D eigenvalue weighted by Gasteiger charge is 2.10. The van der Waals surface area contributed by atoms with Crippen molar-refractivity contribution in [1.29, 1.82) is 5.26 Å². The molecule has 0 bridgehead atoms. The highest BCUT2D eigenvalue weighted by molar-refractivity contribution is 6.31. The fourth-order valence-electron chi connectivity index (χ4n) is 2.57. The zero-order chi connectivity index (χ0) is 19.4. The third kappa shape index (κ3) is 4.27. The molecule has 0 aliphatic carbocycles. The number of hydrogen-bond acceptors (Lipinski definition) is 6. The van der Waals surface area contributed by atoms with E-state index >= 15 is 0 Å². The zero-order valence-corrected chi connectivity index (χ0v) is 15.9. The molecule has 0 saturated carbocycles. The summed E-state index contributed by atoms with van der Waals surface area (Å²) in [6, 6.07) is 14.8. The van der Waals surface area contributed by atoms with Crippen LogP contribution in [0.2, 0.25) is 5.02 Å². The van der Waals surface area contributed by atoms with E-state index in [1.165, 1.54) is 0 Å². The van der Waals surface area contributed by atoms with Gasteiger partial charge in [-0.25, -0.2) is 4.98 Å². The maximum Gasteiger partial charge on any atom is 0.229 e. The molecule has 0 atom stereocenters. The Bertz CT molecular complexity index is 1030. The standard InChI is InChI=1S/C20H18ClN5O/c1-12-8-17(18(27-3)10-15(12)21)24-19-9-13(2)23-20(26-19)25-16-7-5-4-6-14(16)11-22/h4-10H,1-3H3,(H2,23,24,25,26). The van der Waals surface area contributed by atoms with Gasteiger partial charge in [-0.2, -0.15) is 10.2 Å². The summed E-state index contributed by atoms with van der Waals surface area (Å²) in [7, 11) is 1.59. The Morgan fingerprint density at radius 3 is 2.56 bits per heavy atom. The smallest absolute Gasteiger partial charge is 0.229 e. The van der Waals surface area contributed by atoms with Gasteiger partial charge in [0.15, 0.2) is 0 Å². The number of aryl methyl sites for hydroxylation is 2. The van der Waals surface area contributed by atoms with Crippen molar-refractivity contribution in [3.05, 3.63) is 64.3 Å². The number of hydrogen-bond donors (Lipinski definition) is 2. The van der Waals surface area contributed by atoms with Gasteiger partial charge in [0.05, 0.1) is 24.0 Å². The second-order valence-electron chi connectivity index (χ2n) is 5.93. The van der Waals surface area contributed by atoms with E-state index in [0.29, 0.717) is 33.8 Å². The van der Waals surface area contributed by atoms with E-state index in [4.69, 9.17) is 16.3 Å². The van der Waals surface area contributed by atoms with Gasteiger partial charge < -0.3 is 15.4 Å². The molecule has 0 saturated heterocycles. The van der Waals surface area contributed by atoms with Crippen molar-refractivity contribution in [2.24, 2.45) is 0 Å². The minimum Gasteiger partial charge on any atom is -0.495 e. The molecule has 0 amide bonds. The first-order valence-corrected chi connectivity index (χ1v) is 8.61. The molecule has 0 radical (unpaired) electrons. The van der Waals surface area contributed by atoms with Crippen molar-refractivity contribution < 1.29 is 4.74 Å². The molecule has 0 unspecified atom stereocenters. The molecule has 1 aromatic heterocycles. The average molecular weight is 380 g/mol. The van der Waals surface area contributed by atoms with E-state index in [9.17, 15) is 5.26 Å². The number of rotatable bonds is 5. The molecule has 136 valence electrons. The Labute approximate surface area is 162 Å². The monoisotopic (exact) mass is 379 g/mol. The largest absolute Gasteiger partial charge is 0.495 e. The molecule has 0 fully saturated rings. The quantitative estimate of drug-likeness (QED) is 0.640. The lowest BCUT2D eigenvalue weighted by Crippen LogP contribution is -2.04. The number of para-hydroxylation sites is 1. The summed E-state index contributed by atoms with van der Waals surface area (Å²) in [5, 5.41) is 16.2. The number of benzene rings is 2.